The third kappa shape index (κ3) is 4.46. The maximum Gasteiger partial charge on any atom is 0.119 e. The Hall–Kier alpha value is -2.07. The summed E-state index contributed by atoms with van der Waals surface area (Å²) >= 11 is 5.41. The number of thiocarbonyl (C=S) groups is 1. The first-order valence-electron chi connectivity index (χ1n) is 6.87. The van der Waals surface area contributed by atoms with Gasteiger partial charge >= 0.3 is 0 Å². The molecular weight excluding hydrogens is 282 g/mol. The van der Waals surface area contributed by atoms with Crippen molar-refractivity contribution in [1.29, 1.82) is 0 Å². The Morgan fingerprint density at radius 2 is 1.86 bits per heavy atom. The summed E-state index contributed by atoms with van der Waals surface area (Å²) in [7, 11) is 1.66. The van der Waals surface area contributed by atoms with Crippen molar-refractivity contribution in [3.8, 4) is 11.5 Å². The van der Waals surface area contributed by atoms with Gasteiger partial charge in [-0.3, -0.25) is 0 Å². The van der Waals surface area contributed by atoms with E-state index in [1.54, 1.807) is 7.11 Å². The van der Waals surface area contributed by atoms with Crippen LogP contribution < -0.4 is 14.8 Å². The summed E-state index contributed by atoms with van der Waals surface area (Å²) < 4.78 is 10.6. The van der Waals surface area contributed by atoms with E-state index < -0.39 is 0 Å². The normalized spacial score (nSPS) is 10.0. The van der Waals surface area contributed by atoms with Crippen molar-refractivity contribution >= 4 is 17.2 Å². The van der Waals surface area contributed by atoms with E-state index in [0.29, 0.717) is 13.2 Å². The zero-order valence-electron chi connectivity index (χ0n) is 12.3. The first-order valence-corrected chi connectivity index (χ1v) is 7.27. The number of ether oxygens (including phenoxy) is 2. The maximum atomic E-state index is 5.42. The quantitative estimate of drug-likeness (QED) is 0.827. The molecule has 0 saturated heterocycles. The molecule has 0 bridgehead atoms. The van der Waals surface area contributed by atoms with E-state index in [0.717, 1.165) is 27.6 Å². The van der Waals surface area contributed by atoms with Gasteiger partial charge in [-0.15, -0.1) is 0 Å². The molecular formula is C17H19NO2S. The fourth-order valence-electron chi connectivity index (χ4n) is 1.94. The second-order valence-corrected chi connectivity index (χ2v) is 4.90. The van der Waals surface area contributed by atoms with Crippen molar-refractivity contribution in [2.24, 2.45) is 0 Å². The number of hydrogen-bond acceptors (Lipinski definition) is 3. The van der Waals surface area contributed by atoms with Gasteiger partial charge in [-0.25, -0.2) is 0 Å². The van der Waals surface area contributed by atoms with Crippen LogP contribution in [0.4, 0.5) is 0 Å². The predicted molar refractivity (Wildman–Crippen MR) is 89.1 cm³/mol. The van der Waals surface area contributed by atoms with Crippen LogP contribution in [0.2, 0.25) is 0 Å². The molecule has 0 heterocycles. The smallest absolute Gasteiger partial charge is 0.119 e. The topological polar surface area (TPSA) is 30.5 Å². The molecule has 110 valence electrons. The SMILES string of the molecule is CCOc1ccc(C(=S)NCc2cccc(OC)c2)cc1. The number of benzene rings is 2. The van der Waals surface area contributed by atoms with E-state index in [2.05, 4.69) is 5.32 Å². The van der Waals surface area contributed by atoms with Gasteiger partial charge in [0.05, 0.1) is 13.7 Å². The number of hydrogen-bond donors (Lipinski definition) is 1. The minimum atomic E-state index is 0.665. The molecule has 0 radical (unpaired) electrons. The summed E-state index contributed by atoms with van der Waals surface area (Å²) in [6.07, 6.45) is 0. The van der Waals surface area contributed by atoms with Gasteiger partial charge in [0.25, 0.3) is 0 Å². The third-order valence-electron chi connectivity index (χ3n) is 3.01. The molecule has 0 fully saturated rings. The Bertz CT molecular complexity index is 596. The van der Waals surface area contributed by atoms with Gasteiger partial charge in [0, 0.05) is 12.1 Å². The summed E-state index contributed by atoms with van der Waals surface area (Å²) in [6, 6.07) is 15.7. The second-order valence-electron chi connectivity index (χ2n) is 4.49. The Kier molecular flexibility index (Phi) is 5.58. The molecule has 2 aromatic carbocycles. The fraction of sp³-hybridized carbons (Fsp3) is 0.235. The fourth-order valence-corrected chi connectivity index (χ4v) is 2.14. The van der Waals surface area contributed by atoms with E-state index in [1.807, 2.05) is 55.5 Å². The lowest BCUT2D eigenvalue weighted by molar-refractivity contribution is 0.340. The van der Waals surface area contributed by atoms with E-state index in [1.165, 1.54) is 0 Å². The first-order chi connectivity index (χ1) is 10.2. The molecule has 21 heavy (non-hydrogen) atoms. The van der Waals surface area contributed by atoms with Crippen LogP contribution in [0.15, 0.2) is 48.5 Å². The Morgan fingerprint density at radius 1 is 1.10 bits per heavy atom. The lowest BCUT2D eigenvalue weighted by Gasteiger charge is -2.10. The summed E-state index contributed by atoms with van der Waals surface area (Å²) in [5.41, 5.74) is 2.11. The molecule has 0 aromatic heterocycles. The standard InChI is InChI=1S/C17H19NO2S/c1-3-20-15-9-7-14(8-10-15)17(21)18-12-13-5-4-6-16(11-13)19-2/h4-11H,3,12H2,1-2H3,(H,18,21). The van der Waals surface area contributed by atoms with Crippen molar-refractivity contribution in [2.75, 3.05) is 13.7 Å². The summed E-state index contributed by atoms with van der Waals surface area (Å²) in [6.45, 7) is 3.30. The minimum absolute atomic E-state index is 0.665. The highest BCUT2D eigenvalue weighted by Crippen LogP contribution is 2.14. The van der Waals surface area contributed by atoms with Gasteiger partial charge in [0.2, 0.25) is 0 Å². The Balaban J connectivity index is 1.94. The lowest BCUT2D eigenvalue weighted by Crippen LogP contribution is -2.21. The highest BCUT2D eigenvalue weighted by Gasteiger charge is 2.02. The summed E-state index contributed by atoms with van der Waals surface area (Å²) in [5, 5.41) is 3.25. The number of rotatable bonds is 6. The molecule has 3 nitrogen and oxygen atoms in total. The Morgan fingerprint density at radius 3 is 2.52 bits per heavy atom. The van der Waals surface area contributed by atoms with Crippen LogP contribution in [0.3, 0.4) is 0 Å². The third-order valence-corrected chi connectivity index (χ3v) is 3.39. The zero-order valence-corrected chi connectivity index (χ0v) is 13.1. The molecule has 0 aliphatic carbocycles. The summed E-state index contributed by atoms with van der Waals surface area (Å²) in [4.78, 5) is 0.723. The molecule has 0 saturated carbocycles. The minimum Gasteiger partial charge on any atom is -0.497 e. The van der Waals surface area contributed by atoms with Crippen LogP contribution in [0.1, 0.15) is 18.1 Å². The molecule has 2 rings (SSSR count). The molecule has 1 N–H and O–H groups in total. The number of nitrogens with one attached hydrogen (secondary N) is 1. The molecule has 0 amide bonds. The highest BCUT2D eigenvalue weighted by atomic mass is 32.1. The van der Waals surface area contributed by atoms with Crippen molar-refractivity contribution in [2.45, 2.75) is 13.5 Å². The van der Waals surface area contributed by atoms with Crippen molar-refractivity contribution in [3.05, 3.63) is 59.7 Å². The van der Waals surface area contributed by atoms with Crippen LogP contribution in [0, 0.1) is 0 Å². The van der Waals surface area contributed by atoms with Gasteiger partial charge in [-0.2, -0.15) is 0 Å². The molecule has 0 atom stereocenters. The molecule has 2 aromatic rings. The molecule has 0 aliphatic heterocycles. The van der Waals surface area contributed by atoms with Crippen LogP contribution in [-0.4, -0.2) is 18.7 Å². The van der Waals surface area contributed by atoms with Gasteiger partial charge < -0.3 is 14.8 Å². The van der Waals surface area contributed by atoms with Crippen LogP contribution in [-0.2, 0) is 6.54 Å². The Labute approximate surface area is 130 Å². The molecule has 0 aliphatic rings. The van der Waals surface area contributed by atoms with E-state index in [4.69, 9.17) is 21.7 Å². The molecule has 4 heteroatoms. The van der Waals surface area contributed by atoms with Crippen LogP contribution in [0.5, 0.6) is 11.5 Å². The van der Waals surface area contributed by atoms with E-state index in [9.17, 15) is 0 Å². The average Bonchev–Trinajstić information content (AvgIpc) is 2.54. The second kappa shape index (κ2) is 7.64. The highest BCUT2D eigenvalue weighted by molar-refractivity contribution is 7.80. The average molecular weight is 301 g/mol. The number of methoxy groups -OCH3 is 1. The van der Waals surface area contributed by atoms with Crippen LogP contribution >= 0.6 is 12.2 Å². The maximum absolute atomic E-state index is 5.42. The molecule has 0 unspecified atom stereocenters. The largest absolute Gasteiger partial charge is 0.497 e. The van der Waals surface area contributed by atoms with Gasteiger partial charge in [0.15, 0.2) is 0 Å². The van der Waals surface area contributed by atoms with E-state index >= 15 is 0 Å². The van der Waals surface area contributed by atoms with Crippen molar-refractivity contribution in [3.63, 3.8) is 0 Å². The first kappa shape index (κ1) is 15.3. The van der Waals surface area contributed by atoms with Gasteiger partial charge in [-0.1, -0.05) is 24.4 Å². The van der Waals surface area contributed by atoms with Crippen LogP contribution in [0.25, 0.3) is 0 Å². The van der Waals surface area contributed by atoms with Gasteiger partial charge in [-0.05, 0) is 48.9 Å². The summed E-state index contributed by atoms with van der Waals surface area (Å²) in [5.74, 6) is 1.71. The lowest BCUT2D eigenvalue weighted by atomic mass is 10.2. The van der Waals surface area contributed by atoms with Gasteiger partial charge in [0.1, 0.15) is 16.5 Å². The predicted octanol–water partition coefficient (Wildman–Crippen LogP) is 3.56. The molecule has 0 spiro atoms. The monoisotopic (exact) mass is 301 g/mol. The van der Waals surface area contributed by atoms with E-state index in [-0.39, 0.29) is 0 Å². The van der Waals surface area contributed by atoms with Crippen molar-refractivity contribution < 1.29 is 9.47 Å². The zero-order chi connectivity index (χ0) is 15.1. The van der Waals surface area contributed by atoms with Crippen molar-refractivity contribution in [1.82, 2.24) is 5.32 Å².